The lowest BCUT2D eigenvalue weighted by Gasteiger charge is -2.46. The highest BCUT2D eigenvalue weighted by Crippen LogP contribution is 2.54. The second-order valence-electron chi connectivity index (χ2n) is 6.90. The number of rotatable bonds is 1. The number of aliphatic hydroxyl groups is 2. The van der Waals surface area contributed by atoms with E-state index in [0.717, 1.165) is 0 Å². The van der Waals surface area contributed by atoms with Gasteiger partial charge in [-0.15, -0.1) is 0 Å². The van der Waals surface area contributed by atoms with Crippen molar-refractivity contribution in [3.05, 3.63) is 22.6 Å². The van der Waals surface area contributed by atoms with Gasteiger partial charge in [-0.25, -0.2) is 0 Å². The molecule has 3 rings (SSSR count). The van der Waals surface area contributed by atoms with E-state index in [2.05, 4.69) is 4.98 Å². The zero-order valence-electron chi connectivity index (χ0n) is 12.8. The van der Waals surface area contributed by atoms with Crippen molar-refractivity contribution in [3.63, 3.8) is 0 Å². The number of ether oxygens (including phenoxy) is 2. The van der Waals surface area contributed by atoms with Crippen molar-refractivity contribution >= 4 is 0 Å². The van der Waals surface area contributed by atoms with Gasteiger partial charge in [0, 0.05) is 24.1 Å². The summed E-state index contributed by atoms with van der Waals surface area (Å²) in [5.41, 5.74) is 2.91. The Labute approximate surface area is 127 Å². The number of hydrogen-bond acceptors (Lipinski definition) is 7. The summed E-state index contributed by atoms with van der Waals surface area (Å²) in [7, 11) is 0. The molecular formula is C14H21N3O5. The molecule has 0 aromatic carbocycles. The first-order chi connectivity index (χ1) is 10.1. The molecule has 1 saturated heterocycles. The van der Waals surface area contributed by atoms with Crippen LogP contribution >= 0.6 is 0 Å². The molecule has 8 heteroatoms. The van der Waals surface area contributed by atoms with Crippen LogP contribution in [0.3, 0.4) is 0 Å². The first-order valence-electron chi connectivity index (χ1n) is 7.19. The van der Waals surface area contributed by atoms with E-state index in [1.54, 1.807) is 4.57 Å². The van der Waals surface area contributed by atoms with E-state index in [9.17, 15) is 15.0 Å². The Balaban J connectivity index is 2.21. The van der Waals surface area contributed by atoms with Gasteiger partial charge in [-0.2, -0.15) is 4.98 Å². The van der Waals surface area contributed by atoms with E-state index in [1.807, 2.05) is 20.8 Å². The topological polar surface area (TPSA) is 120 Å². The highest BCUT2D eigenvalue weighted by Gasteiger charge is 2.69. The van der Waals surface area contributed by atoms with Gasteiger partial charge in [0.1, 0.15) is 6.10 Å². The molecule has 4 N–H and O–H groups in total. The Morgan fingerprint density at radius 1 is 1.55 bits per heavy atom. The van der Waals surface area contributed by atoms with E-state index in [1.165, 1.54) is 12.3 Å². The average molecular weight is 311 g/mol. The van der Waals surface area contributed by atoms with E-state index in [0.29, 0.717) is 0 Å². The Bertz CT molecular complexity index is 655. The molecule has 1 aromatic heterocycles. The molecule has 1 fully saturated rings. The SMILES string of the molecule is CC(C)(C)C1(N)Oc2nc(=O)ccn2[C@]12C[C@H](O)[C@@H](CO)O2. The second kappa shape index (κ2) is 4.51. The van der Waals surface area contributed by atoms with E-state index < -0.39 is 34.6 Å². The monoisotopic (exact) mass is 311 g/mol. The van der Waals surface area contributed by atoms with Crippen molar-refractivity contribution in [2.45, 2.75) is 50.8 Å². The van der Waals surface area contributed by atoms with Gasteiger partial charge >= 0.3 is 6.01 Å². The fraction of sp³-hybridized carbons (Fsp3) is 0.714. The predicted octanol–water partition coefficient (Wildman–Crippen LogP) is -0.868. The molecule has 0 radical (unpaired) electrons. The summed E-state index contributed by atoms with van der Waals surface area (Å²) in [6.07, 6.45) is -0.0513. The second-order valence-corrected chi connectivity index (χ2v) is 6.90. The number of aromatic nitrogens is 2. The van der Waals surface area contributed by atoms with E-state index in [4.69, 9.17) is 15.2 Å². The van der Waals surface area contributed by atoms with Crippen LogP contribution in [0.2, 0.25) is 0 Å². The van der Waals surface area contributed by atoms with Crippen molar-refractivity contribution in [1.82, 2.24) is 9.55 Å². The molecule has 2 aliphatic heterocycles. The Morgan fingerprint density at radius 3 is 2.77 bits per heavy atom. The minimum atomic E-state index is -1.36. The largest absolute Gasteiger partial charge is 0.437 e. The summed E-state index contributed by atoms with van der Waals surface area (Å²) < 4.78 is 13.3. The third-order valence-electron chi connectivity index (χ3n) is 4.56. The molecule has 0 amide bonds. The maximum absolute atomic E-state index is 11.5. The molecule has 1 spiro atoms. The van der Waals surface area contributed by atoms with Crippen LogP contribution in [0.15, 0.2) is 17.1 Å². The lowest BCUT2D eigenvalue weighted by atomic mass is 9.75. The van der Waals surface area contributed by atoms with E-state index >= 15 is 0 Å². The molecular weight excluding hydrogens is 290 g/mol. The van der Waals surface area contributed by atoms with Gasteiger partial charge in [0.05, 0.1) is 12.7 Å². The van der Waals surface area contributed by atoms with Gasteiger partial charge in [-0.05, 0) is 0 Å². The molecule has 3 heterocycles. The standard InChI is InChI=1S/C14H21N3O5/c1-12(2,3)14(15)13(6-8(19)9(7-18)21-13)17-5-4-10(20)16-11(17)22-14/h4-5,8-9,18-19H,6-7,15H2,1-3H3/t8-,9+,13-,14?/m0/s1. The van der Waals surface area contributed by atoms with Crippen LogP contribution in [-0.2, 0) is 10.5 Å². The predicted molar refractivity (Wildman–Crippen MR) is 76.1 cm³/mol. The highest BCUT2D eigenvalue weighted by atomic mass is 16.6. The number of fused-ring (bicyclic) bond motifs is 2. The van der Waals surface area contributed by atoms with Gasteiger partial charge < -0.3 is 19.7 Å². The summed E-state index contributed by atoms with van der Waals surface area (Å²) in [6, 6.07) is 1.33. The smallest absolute Gasteiger partial charge is 0.304 e. The highest BCUT2D eigenvalue weighted by molar-refractivity contribution is 5.21. The Morgan fingerprint density at radius 2 is 2.23 bits per heavy atom. The number of hydrogen-bond donors (Lipinski definition) is 3. The quantitative estimate of drug-likeness (QED) is 0.616. The van der Waals surface area contributed by atoms with Gasteiger partial charge in [0.15, 0.2) is 0 Å². The van der Waals surface area contributed by atoms with Crippen LogP contribution in [0.1, 0.15) is 27.2 Å². The summed E-state index contributed by atoms with van der Waals surface area (Å²) in [5.74, 6) is 0. The van der Waals surface area contributed by atoms with Crippen LogP contribution in [0.25, 0.3) is 0 Å². The third-order valence-corrected chi connectivity index (χ3v) is 4.56. The Kier molecular flexibility index (Phi) is 3.16. The fourth-order valence-corrected chi connectivity index (χ4v) is 3.22. The zero-order valence-corrected chi connectivity index (χ0v) is 12.8. The number of nitrogens with zero attached hydrogens (tertiary/aromatic N) is 2. The van der Waals surface area contributed by atoms with Crippen LogP contribution < -0.4 is 16.0 Å². The van der Waals surface area contributed by atoms with Gasteiger partial charge in [0.2, 0.25) is 11.4 Å². The lowest BCUT2D eigenvalue weighted by molar-refractivity contribution is -0.220. The van der Waals surface area contributed by atoms with Crippen molar-refractivity contribution in [2.24, 2.45) is 11.1 Å². The molecule has 0 bridgehead atoms. The molecule has 4 atom stereocenters. The maximum Gasteiger partial charge on any atom is 0.304 e. The minimum absolute atomic E-state index is 0.0516. The maximum atomic E-state index is 11.5. The molecule has 0 aliphatic carbocycles. The molecule has 1 unspecified atom stereocenters. The van der Waals surface area contributed by atoms with Crippen molar-refractivity contribution in [2.75, 3.05) is 6.61 Å². The Hall–Kier alpha value is -1.48. The van der Waals surface area contributed by atoms with E-state index in [-0.39, 0.29) is 19.0 Å². The van der Waals surface area contributed by atoms with Gasteiger partial charge in [0.25, 0.3) is 5.56 Å². The molecule has 8 nitrogen and oxygen atoms in total. The summed E-state index contributed by atoms with van der Waals surface area (Å²) in [5, 5.41) is 19.6. The van der Waals surface area contributed by atoms with Crippen LogP contribution in [0, 0.1) is 5.41 Å². The van der Waals surface area contributed by atoms with Gasteiger partial charge in [-0.3, -0.25) is 15.1 Å². The van der Waals surface area contributed by atoms with Crippen molar-refractivity contribution in [3.8, 4) is 6.01 Å². The summed E-state index contributed by atoms with van der Waals surface area (Å²) >= 11 is 0. The minimum Gasteiger partial charge on any atom is -0.437 e. The first kappa shape index (κ1) is 15.4. The molecule has 0 saturated carbocycles. The first-order valence-corrected chi connectivity index (χ1v) is 7.19. The average Bonchev–Trinajstić information content (AvgIpc) is 2.86. The molecule has 1 aromatic rings. The lowest BCUT2D eigenvalue weighted by Crippen LogP contribution is -2.67. The van der Waals surface area contributed by atoms with Crippen LogP contribution in [-0.4, -0.2) is 44.3 Å². The van der Waals surface area contributed by atoms with Crippen molar-refractivity contribution < 1.29 is 19.7 Å². The molecule has 22 heavy (non-hydrogen) atoms. The molecule has 2 aliphatic rings. The number of aliphatic hydroxyl groups excluding tert-OH is 2. The van der Waals surface area contributed by atoms with Crippen molar-refractivity contribution in [1.29, 1.82) is 0 Å². The third kappa shape index (κ3) is 1.78. The zero-order chi connectivity index (χ0) is 16.3. The van der Waals surface area contributed by atoms with Crippen LogP contribution in [0.4, 0.5) is 0 Å². The summed E-state index contributed by atoms with van der Waals surface area (Å²) in [6.45, 7) is 5.29. The summed E-state index contributed by atoms with van der Waals surface area (Å²) in [4.78, 5) is 15.3. The fourth-order valence-electron chi connectivity index (χ4n) is 3.22. The molecule has 122 valence electrons. The normalized spacial score (nSPS) is 37.4. The van der Waals surface area contributed by atoms with Gasteiger partial charge in [-0.1, -0.05) is 20.8 Å². The van der Waals surface area contributed by atoms with Crippen LogP contribution in [0.5, 0.6) is 6.01 Å². The number of nitrogens with two attached hydrogens (primary N) is 1.